The largest absolute Gasteiger partial charge is 0.444 e. The molecular weight excluding hydrogens is 216 g/mol. The predicted octanol–water partition coefficient (Wildman–Crippen LogP) is 2.38. The van der Waals surface area contributed by atoms with Crippen LogP contribution in [-0.4, -0.2) is 42.3 Å². The van der Waals surface area contributed by atoms with Crippen molar-refractivity contribution in [1.29, 1.82) is 0 Å². The Kier molecular flexibility index (Phi) is 4.80. The molecule has 0 aliphatic carbocycles. The molecule has 1 fully saturated rings. The molecular formula is C13H26N2O2. The van der Waals surface area contributed by atoms with E-state index in [1.807, 2.05) is 27.8 Å². The summed E-state index contributed by atoms with van der Waals surface area (Å²) < 4.78 is 5.35. The Bertz CT molecular complexity index is 255. The lowest BCUT2D eigenvalue weighted by atomic mass is 10.1. The van der Waals surface area contributed by atoms with Gasteiger partial charge in [-0.3, -0.25) is 0 Å². The standard InChI is InChI=1S/C13H26N2O2/c1-10(9-11-7-6-8-14-11)15(5)12(16)17-13(2,3)4/h10-11,14H,6-9H2,1-5H3. The Balaban J connectivity index is 2.39. The van der Waals surface area contributed by atoms with Crippen LogP contribution in [0.1, 0.15) is 47.0 Å². The summed E-state index contributed by atoms with van der Waals surface area (Å²) >= 11 is 0. The van der Waals surface area contributed by atoms with Crippen LogP contribution in [0.4, 0.5) is 4.79 Å². The summed E-state index contributed by atoms with van der Waals surface area (Å²) in [5.41, 5.74) is -0.420. The Hall–Kier alpha value is -0.770. The summed E-state index contributed by atoms with van der Waals surface area (Å²) in [6.07, 6.45) is 3.22. The summed E-state index contributed by atoms with van der Waals surface area (Å²) in [6, 6.07) is 0.760. The molecule has 2 atom stereocenters. The maximum Gasteiger partial charge on any atom is 0.410 e. The van der Waals surface area contributed by atoms with Crippen molar-refractivity contribution >= 4 is 6.09 Å². The normalized spacial score (nSPS) is 22.3. The molecule has 17 heavy (non-hydrogen) atoms. The number of carbonyl (C=O) groups excluding carboxylic acids is 1. The molecule has 0 aromatic carbocycles. The minimum absolute atomic E-state index is 0.209. The monoisotopic (exact) mass is 242 g/mol. The minimum atomic E-state index is -0.420. The van der Waals surface area contributed by atoms with E-state index in [9.17, 15) is 4.79 Å². The molecule has 0 aromatic rings. The van der Waals surface area contributed by atoms with Crippen LogP contribution in [0.3, 0.4) is 0 Å². The Morgan fingerprint density at radius 2 is 2.18 bits per heavy atom. The van der Waals surface area contributed by atoms with Crippen molar-refractivity contribution in [3.05, 3.63) is 0 Å². The van der Waals surface area contributed by atoms with E-state index in [0.29, 0.717) is 6.04 Å². The Morgan fingerprint density at radius 1 is 1.53 bits per heavy atom. The number of nitrogens with one attached hydrogen (secondary N) is 1. The first kappa shape index (κ1) is 14.3. The van der Waals surface area contributed by atoms with E-state index in [-0.39, 0.29) is 12.1 Å². The highest BCUT2D eigenvalue weighted by atomic mass is 16.6. The van der Waals surface area contributed by atoms with Gasteiger partial charge >= 0.3 is 6.09 Å². The molecule has 0 spiro atoms. The first-order valence-corrected chi connectivity index (χ1v) is 6.49. The number of hydrogen-bond donors (Lipinski definition) is 1. The molecule has 4 heteroatoms. The lowest BCUT2D eigenvalue weighted by Crippen LogP contribution is -2.41. The number of carbonyl (C=O) groups is 1. The molecule has 2 unspecified atom stereocenters. The summed E-state index contributed by atoms with van der Waals surface area (Å²) in [7, 11) is 1.81. The van der Waals surface area contributed by atoms with Crippen molar-refractivity contribution in [1.82, 2.24) is 10.2 Å². The van der Waals surface area contributed by atoms with Crippen LogP contribution in [0.25, 0.3) is 0 Å². The fourth-order valence-corrected chi connectivity index (χ4v) is 2.04. The van der Waals surface area contributed by atoms with Gasteiger partial charge in [-0.15, -0.1) is 0 Å². The van der Waals surface area contributed by atoms with Crippen molar-refractivity contribution < 1.29 is 9.53 Å². The van der Waals surface area contributed by atoms with Gasteiger partial charge in [0, 0.05) is 19.1 Å². The molecule has 1 heterocycles. The molecule has 1 aliphatic rings. The van der Waals surface area contributed by atoms with Gasteiger partial charge in [-0.1, -0.05) is 0 Å². The second kappa shape index (κ2) is 5.71. The van der Waals surface area contributed by atoms with Crippen molar-refractivity contribution in [3.63, 3.8) is 0 Å². The quantitative estimate of drug-likeness (QED) is 0.826. The highest BCUT2D eigenvalue weighted by Crippen LogP contribution is 2.16. The molecule has 1 N–H and O–H groups in total. The molecule has 1 saturated heterocycles. The smallest absolute Gasteiger partial charge is 0.410 e. The van der Waals surface area contributed by atoms with Crippen LogP contribution in [0.2, 0.25) is 0 Å². The molecule has 1 rings (SSSR count). The van der Waals surface area contributed by atoms with Crippen molar-refractivity contribution in [2.24, 2.45) is 0 Å². The van der Waals surface area contributed by atoms with E-state index in [1.165, 1.54) is 12.8 Å². The lowest BCUT2D eigenvalue weighted by Gasteiger charge is -2.30. The fourth-order valence-electron chi connectivity index (χ4n) is 2.04. The number of nitrogens with zero attached hydrogens (tertiary/aromatic N) is 1. The summed E-state index contributed by atoms with van der Waals surface area (Å²) in [4.78, 5) is 13.6. The zero-order valence-electron chi connectivity index (χ0n) is 11.7. The molecule has 4 nitrogen and oxygen atoms in total. The van der Waals surface area contributed by atoms with Crippen LogP contribution < -0.4 is 5.32 Å². The van der Waals surface area contributed by atoms with E-state index in [1.54, 1.807) is 4.90 Å². The molecule has 100 valence electrons. The van der Waals surface area contributed by atoms with E-state index in [4.69, 9.17) is 4.74 Å². The zero-order valence-corrected chi connectivity index (χ0v) is 11.7. The van der Waals surface area contributed by atoms with Crippen LogP contribution in [0, 0.1) is 0 Å². The van der Waals surface area contributed by atoms with E-state index < -0.39 is 5.60 Å². The average Bonchev–Trinajstić information content (AvgIpc) is 2.66. The maximum absolute atomic E-state index is 11.9. The minimum Gasteiger partial charge on any atom is -0.444 e. The number of rotatable bonds is 3. The molecule has 0 aromatic heterocycles. The van der Waals surface area contributed by atoms with Gasteiger partial charge in [-0.25, -0.2) is 4.79 Å². The summed E-state index contributed by atoms with van der Waals surface area (Å²) in [5, 5.41) is 3.45. The van der Waals surface area contributed by atoms with Crippen molar-refractivity contribution in [2.75, 3.05) is 13.6 Å². The van der Waals surface area contributed by atoms with Gasteiger partial charge in [0.15, 0.2) is 0 Å². The fraction of sp³-hybridized carbons (Fsp3) is 0.923. The van der Waals surface area contributed by atoms with Gasteiger partial charge in [0.25, 0.3) is 0 Å². The van der Waals surface area contributed by atoms with Crippen molar-refractivity contribution in [3.8, 4) is 0 Å². The molecule has 0 saturated carbocycles. The van der Waals surface area contributed by atoms with Gasteiger partial charge < -0.3 is 15.0 Å². The molecule has 0 radical (unpaired) electrons. The molecule has 1 amide bonds. The van der Waals surface area contributed by atoms with Gasteiger partial charge in [-0.05, 0) is 53.5 Å². The molecule has 0 bridgehead atoms. The molecule has 1 aliphatic heterocycles. The van der Waals surface area contributed by atoms with Crippen LogP contribution in [0.5, 0.6) is 0 Å². The average molecular weight is 242 g/mol. The first-order chi connectivity index (χ1) is 7.79. The topological polar surface area (TPSA) is 41.6 Å². The first-order valence-electron chi connectivity index (χ1n) is 6.49. The van der Waals surface area contributed by atoms with Crippen LogP contribution in [-0.2, 0) is 4.74 Å². The third kappa shape index (κ3) is 4.94. The van der Waals surface area contributed by atoms with Gasteiger partial charge in [0.05, 0.1) is 0 Å². The van der Waals surface area contributed by atoms with E-state index >= 15 is 0 Å². The predicted molar refractivity (Wildman–Crippen MR) is 69.1 cm³/mol. The van der Waals surface area contributed by atoms with E-state index in [0.717, 1.165) is 13.0 Å². The third-order valence-corrected chi connectivity index (χ3v) is 3.13. The highest BCUT2D eigenvalue weighted by molar-refractivity contribution is 5.68. The summed E-state index contributed by atoms with van der Waals surface area (Å²) in [5.74, 6) is 0. The van der Waals surface area contributed by atoms with Crippen LogP contribution >= 0.6 is 0 Å². The van der Waals surface area contributed by atoms with Gasteiger partial charge in [0.2, 0.25) is 0 Å². The van der Waals surface area contributed by atoms with Crippen molar-refractivity contribution in [2.45, 2.75) is 64.6 Å². The summed E-state index contributed by atoms with van der Waals surface area (Å²) in [6.45, 7) is 8.85. The number of amides is 1. The zero-order chi connectivity index (χ0) is 13.1. The Labute approximate surface area is 105 Å². The van der Waals surface area contributed by atoms with E-state index in [2.05, 4.69) is 12.2 Å². The third-order valence-electron chi connectivity index (χ3n) is 3.13. The highest BCUT2D eigenvalue weighted by Gasteiger charge is 2.25. The second-order valence-corrected chi connectivity index (χ2v) is 5.97. The lowest BCUT2D eigenvalue weighted by molar-refractivity contribution is 0.0223. The SMILES string of the molecule is CC(CC1CCCN1)N(C)C(=O)OC(C)(C)C. The number of hydrogen-bond acceptors (Lipinski definition) is 3. The van der Waals surface area contributed by atoms with Gasteiger partial charge in [-0.2, -0.15) is 0 Å². The second-order valence-electron chi connectivity index (χ2n) is 5.97. The maximum atomic E-state index is 11.9. The number of ether oxygens (including phenoxy) is 1. The van der Waals surface area contributed by atoms with Crippen LogP contribution in [0.15, 0.2) is 0 Å². The van der Waals surface area contributed by atoms with Gasteiger partial charge in [0.1, 0.15) is 5.60 Å². The Morgan fingerprint density at radius 3 is 2.65 bits per heavy atom.